The molecule has 0 radical (unpaired) electrons. The van der Waals surface area contributed by atoms with Crippen molar-refractivity contribution < 1.29 is 9.11 Å². The van der Waals surface area contributed by atoms with E-state index in [0.29, 0.717) is 18.5 Å². The van der Waals surface area contributed by atoms with Crippen LogP contribution in [0.2, 0.25) is 0 Å². The first kappa shape index (κ1) is 20.3. The van der Waals surface area contributed by atoms with Gasteiger partial charge in [0.1, 0.15) is 0 Å². The molecule has 8 heteroatoms. The van der Waals surface area contributed by atoms with E-state index in [9.17, 15) is 9.11 Å². The number of hydrogen-bond acceptors (Lipinski definition) is 6. The van der Waals surface area contributed by atoms with Gasteiger partial charge < -0.3 is 0 Å². The standard InChI is InChI=1S/C22H23N5O2S/c1-17-19(14-24-27(17)21-7-3-2-4-8-21)15-26-11-10-20(16-26)25-30(28,29)22-9-5-6-18(12-22)13-23/h2-9,12,14,28-29H,10-11,15-16H2,1H3. The van der Waals surface area contributed by atoms with Crippen LogP contribution in [-0.4, -0.2) is 42.6 Å². The van der Waals surface area contributed by atoms with Crippen molar-refractivity contribution in [3.63, 3.8) is 0 Å². The molecule has 0 bridgehead atoms. The van der Waals surface area contributed by atoms with Gasteiger partial charge in [0.15, 0.2) is 0 Å². The van der Waals surface area contributed by atoms with Crippen molar-refractivity contribution in [2.75, 3.05) is 13.1 Å². The minimum absolute atomic E-state index is 0.271. The molecule has 3 aromatic rings. The van der Waals surface area contributed by atoms with Crippen LogP contribution in [0.5, 0.6) is 0 Å². The lowest BCUT2D eigenvalue weighted by molar-refractivity contribution is 0.340. The van der Waals surface area contributed by atoms with E-state index in [1.54, 1.807) is 18.2 Å². The number of nitriles is 1. The van der Waals surface area contributed by atoms with E-state index >= 15 is 0 Å². The molecule has 0 amide bonds. The molecular formula is C22H23N5O2S. The third-order valence-corrected chi connectivity index (χ3v) is 6.56. The van der Waals surface area contributed by atoms with Gasteiger partial charge in [0.25, 0.3) is 0 Å². The van der Waals surface area contributed by atoms with Crippen molar-refractivity contribution >= 4 is 16.5 Å². The summed E-state index contributed by atoms with van der Waals surface area (Å²) >= 11 is 0. The monoisotopic (exact) mass is 421 g/mol. The molecule has 1 saturated heterocycles. The van der Waals surface area contributed by atoms with Gasteiger partial charge in [-0.1, -0.05) is 35.0 Å². The molecular weight excluding hydrogens is 398 g/mol. The van der Waals surface area contributed by atoms with Crippen molar-refractivity contribution in [3.8, 4) is 11.8 Å². The van der Waals surface area contributed by atoms with Crippen LogP contribution in [0.15, 0.2) is 70.1 Å². The van der Waals surface area contributed by atoms with E-state index in [1.807, 2.05) is 47.3 Å². The Labute approximate surface area is 177 Å². The van der Waals surface area contributed by atoms with Crippen LogP contribution in [0.4, 0.5) is 0 Å². The van der Waals surface area contributed by atoms with Crippen molar-refractivity contribution in [1.82, 2.24) is 14.7 Å². The largest absolute Gasteiger partial charge is 0.293 e. The quantitative estimate of drug-likeness (QED) is 0.635. The number of likely N-dealkylation sites (tertiary alicyclic amines) is 1. The van der Waals surface area contributed by atoms with Gasteiger partial charge in [-0.15, -0.1) is 0 Å². The summed E-state index contributed by atoms with van der Waals surface area (Å²) in [5.41, 5.74) is 4.38. The number of rotatable bonds is 5. The molecule has 1 aliphatic heterocycles. The van der Waals surface area contributed by atoms with Crippen molar-refractivity contribution in [3.05, 3.63) is 77.6 Å². The summed E-state index contributed by atoms with van der Waals surface area (Å²) in [7, 11) is -3.32. The Kier molecular flexibility index (Phi) is 5.70. The topological polar surface area (TPSA) is 97.7 Å². The summed E-state index contributed by atoms with van der Waals surface area (Å²) in [6.07, 6.45) is 2.57. The first-order chi connectivity index (χ1) is 14.5. The smallest absolute Gasteiger partial charge is 0.0992 e. The van der Waals surface area contributed by atoms with Crippen LogP contribution >= 0.6 is 10.8 Å². The average Bonchev–Trinajstić information content (AvgIpc) is 3.35. The summed E-state index contributed by atoms with van der Waals surface area (Å²) in [5, 5.41) is 13.6. The van der Waals surface area contributed by atoms with Gasteiger partial charge in [0, 0.05) is 37.3 Å². The predicted molar refractivity (Wildman–Crippen MR) is 118 cm³/mol. The molecule has 0 spiro atoms. The Hall–Kier alpha value is -2.96. The predicted octanol–water partition coefficient (Wildman–Crippen LogP) is 4.42. The van der Waals surface area contributed by atoms with Gasteiger partial charge in [-0.3, -0.25) is 14.0 Å². The van der Waals surface area contributed by atoms with Crippen LogP contribution in [0.25, 0.3) is 5.69 Å². The van der Waals surface area contributed by atoms with Gasteiger partial charge in [-0.25, -0.2) is 4.68 Å². The Morgan fingerprint density at radius 1 is 1.17 bits per heavy atom. The van der Waals surface area contributed by atoms with Crippen molar-refractivity contribution in [2.45, 2.75) is 24.8 Å². The molecule has 2 heterocycles. The first-order valence-electron chi connectivity index (χ1n) is 9.63. The fourth-order valence-electron chi connectivity index (χ4n) is 3.55. The number of aromatic nitrogens is 2. The maximum Gasteiger partial charge on any atom is 0.0992 e. The van der Waals surface area contributed by atoms with Gasteiger partial charge in [0.05, 0.1) is 34.1 Å². The SMILES string of the molecule is Cc1c(CN2CCC(=NS(O)(O)c3cccc(C#N)c3)C2)cnn1-c1ccccc1. The highest BCUT2D eigenvalue weighted by atomic mass is 32.3. The minimum atomic E-state index is -3.32. The van der Waals surface area contributed by atoms with Crippen molar-refractivity contribution in [2.24, 2.45) is 4.40 Å². The van der Waals surface area contributed by atoms with E-state index in [1.165, 1.54) is 6.07 Å². The summed E-state index contributed by atoms with van der Waals surface area (Å²) in [5.74, 6) is 0. The average molecular weight is 422 g/mol. The number of nitrogens with zero attached hydrogens (tertiary/aromatic N) is 5. The van der Waals surface area contributed by atoms with E-state index in [0.717, 1.165) is 35.7 Å². The molecule has 30 heavy (non-hydrogen) atoms. The Morgan fingerprint density at radius 3 is 2.73 bits per heavy atom. The molecule has 2 aromatic carbocycles. The summed E-state index contributed by atoms with van der Waals surface area (Å²) in [6.45, 7) is 4.15. The first-order valence-corrected chi connectivity index (χ1v) is 11.1. The van der Waals surface area contributed by atoms with Crippen LogP contribution in [-0.2, 0) is 6.54 Å². The molecule has 154 valence electrons. The zero-order chi connectivity index (χ0) is 21.1. The molecule has 1 aliphatic rings. The van der Waals surface area contributed by atoms with E-state index in [4.69, 9.17) is 5.26 Å². The molecule has 0 aliphatic carbocycles. The molecule has 1 fully saturated rings. The number of benzene rings is 2. The van der Waals surface area contributed by atoms with Gasteiger partial charge in [0.2, 0.25) is 0 Å². The third-order valence-electron chi connectivity index (χ3n) is 5.16. The summed E-state index contributed by atoms with van der Waals surface area (Å²) < 4.78 is 27.2. The van der Waals surface area contributed by atoms with Crippen LogP contribution in [0, 0.1) is 18.3 Å². The zero-order valence-corrected chi connectivity index (χ0v) is 17.5. The molecule has 2 N–H and O–H groups in total. The lowest BCUT2D eigenvalue weighted by atomic mass is 10.2. The second kappa shape index (κ2) is 8.42. The lowest BCUT2D eigenvalue weighted by Gasteiger charge is -2.27. The minimum Gasteiger partial charge on any atom is -0.293 e. The molecule has 0 saturated carbocycles. The lowest BCUT2D eigenvalue weighted by Crippen LogP contribution is -2.20. The highest BCUT2D eigenvalue weighted by molar-refractivity contribution is 8.23. The molecule has 7 nitrogen and oxygen atoms in total. The highest BCUT2D eigenvalue weighted by Gasteiger charge is 2.23. The maximum atomic E-state index is 10.5. The van der Waals surface area contributed by atoms with Gasteiger partial charge >= 0.3 is 0 Å². The molecule has 1 aromatic heterocycles. The Bertz CT molecular complexity index is 1120. The molecule has 0 unspecified atom stereocenters. The van der Waals surface area contributed by atoms with Crippen LogP contribution in [0.1, 0.15) is 23.2 Å². The molecule has 0 atom stereocenters. The second-order valence-electron chi connectivity index (χ2n) is 7.28. The molecule has 4 rings (SSSR count). The number of hydrogen-bond donors (Lipinski definition) is 2. The van der Waals surface area contributed by atoms with Gasteiger partial charge in [-0.2, -0.15) is 14.8 Å². The summed E-state index contributed by atoms with van der Waals surface area (Å²) in [6, 6.07) is 18.4. The van der Waals surface area contributed by atoms with Crippen LogP contribution in [0.3, 0.4) is 0 Å². The van der Waals surface area contributed by atoms with E-state index < -0.39 is 10.8 Å². The Morgan fingerprint density at radius 2 is 1.97 bits per heavy atom. The second-order valence-corrected chi connectivity index (χ2v) is 8.97. The zero-order valence-electron chi connectivity index (χ0n) is 16.6. The Balaban J connectivity index is 1.46. The fourth-order valence-corrected chi connectivity index (χ4v) is 4.71. The summed E-state index contributed by atoms with van der Waals surface area (Å²) in [4.78, 5) is 2.49. The fraction of sp³-hybridized carbons (Fsp3) is 0.227. The van der Waals surface area contributed by atoms with E-state index in [2.05, 4.69) is 21.3 Å². The van der Waals surface area contributed by atoms with Crippen molar-refractivity contribution in [1.29, 1.82) is 5.26 Å². The highest BCUT2D eigenvalue weighted by Crippen LogP contribution is 2.50. The third kappa shape index (κ3) is 4.30. The maximum absolute atomic E-state index is 10.5. The van der Waals surface area contributed by atoms with E-state index in [-0.39, 0.29) is 4.90 Å². The van der Waals surface area contributed by atoms with Crippen LogP contribution < -0.4 is 0 Å². The normalized spacial score (nSPS) is 16.7. The van der Waals surface area contributed by atoms with Gasteiger partial charge in [-0.05, 0) is 37.3 Å². The number of para-hydroxylation sites is 1.